The van der Waals surface area contributed by atoms with E-state index in [9.17, 15) is 9.59 Å². The highest BCUT2D eigenvalue weighted by atomic mass is 16.2. The first kappa shape index (κ1) is 17.2. The Labute approximate surface area is 136 Å². The summed E-state index contributed by atoms with van der Waals surface area (Å²) < 4.78 is 2.65. The van der Waals surface area contributed by atoms with E-state index >= 15 is 0 Å². The van der Waals surface area contributed by atoms with E-state index in [1.54, 1.807) is 7.05 Å². The Morgan fingerprint density at radius 1 is 1.00 bits per heavy atom. The van der Waals surface area contributed by atoms with Gasteiger partial charge in [0.2, 0.25) is 0 Å². The van der Waals surface area contributed by atoms with Gasteiger partial charge in [-0.05, 0) is 24.1 Å². The van der Waals surface area contributed by atoms with E-state index in [0.717, 1.165) is 16.8 Å². The first-order chi connectivity index (χ1) is 10.8. The highest BCUT2D eigenvalue weighted by Crippen LogP contribution is 2.15. The van der Waals surface area contributed by atoms with Crippen LogP contribution in [0.15, 0.2) is 39.9 Å². The van der Waals surface area contributed by atoms with Crippen LogP contribution in [-0.2, 0) is 27.2 Å². The quantitative estimate of drug-likeness (QED) is 0.846. The molecule has 0 saturated carbocycles. The van der Waals surface area contributed by atoms with Crippen LogP contribution in [0.5, 0.6) is 0 Å². The lowest BCUT2D eigenvalue weighted by atomic mass is 10.0. The molecule has 2 aromatic rings. The maximum absolute atomic E-state index is 12.0. The van der Waals surface area contributed by atoms with Crippen molar-refractivity contribution in [2.45, 2.75) is 32.9 Å². The molecule has 0 amide bonds. The van der Waals surface area contributed by atoms with E-state index in [0.29, 0.717) is 12.5 Å². The molecule has 2 rings (SSSR count). The van der Waals surface area contributed by atoms with Crippen molar-refractivity contribution in [1.82, 2.24) is 14.0 Å². The molecule has 0 atom stereocenters. The van der Waals surface area contributed by atoms with E-state index < -0.39 is 0 Å². The lowest BCUT2D eigenvalue weighted by molar-refractivity contribution is 0.308. The minimum absolute atomic E-state index is 0.266. The monoisotopic (exact) mass is 315 g/mol. The standard InChI is InChI=1S/C18H25N3O2/c1-13(2)15-8-6-14(7-9-15)11-19(3)12-16-10-17(22)21(5)18(23)20(16)4/h6-10,13H,11-12H2,1-5H3. The first-order valence-electron chi connectivity index (χ1n) is 7.83. The van der Waals surface area contributed by atoms with Crippen molar-refractivity contribution in [3.05, 3.63) is 68.0 Å². The average Bonchev–Trinajstić information content (AvgIpc) is 2.51. The third kappa shape index (κ3) is 3.99. The van der Waals surface area contributed by atoms with Crippen LogP contribution in [0.2, 0.25) is 0 Å². The Hall–Kier alpha value is -2.14. The maximum atomic E-state index is 12.0. The van der Waals surface area contributed by atoms with Crippen LogP contribution in [0, 0.1) is 0 Å². The summed E-state index contributed by atoms with van der Waals surface area (Å²) >= 11 is 0. The molecule has 1 aromatic carbocycles. The first-order valence-corrected chi connectivity index (χ1v) is 7.83. The molecule has 0 saturated heterocycles. The van der Waals surface area contributed by atoms with Gasteiger partial charge in [0.1, 0.15) is 0 Å². The van der Waals surface area contributed by atoms with Gasteiger partial charge in [0, 0.05) is 38.9 Å². The topological polar surface area (TPSA) is 47.2 Å². The Bertz CT molecular complexity index is 785. The van der Waals surface area contributed by atoms with Gasteiger partial charge in [0.05, 0.1) is 0 Å². The van der Waals surface area contributed by atoms with Crippen LogP contribution in [0.4, 0.5) is 0 Å². The fourth-order valence-corrected chi connectivity index (χ4v) is 2.58. The number of hydrogen-bond donors (Lipinski definition) is 0. The van der Waals surface area contributed by atoms with Crippen LogP contribution >= 0.6 is 0 Å². The molecule has 124 valence electrons. The SMILES string of the molecule is CC(C)c1ccc(CN(C)Cc2cc(=O)n(C)c(=O)n2C)cc1. The molecule has 0 bridgehead atoms. The zero-order valence-corrected chi connectivity index (χ0v) is 14.5. The van der Waals surface area contributed by atoms with Crippen molar-refractivity contribution in [2.24, 2.45) is 14.1 Å². The molecule has 0 aliphatic rings. The molecular weight excluding hydrogens is 290 g/mol. The summed E-state index contributed by atoms with van der Waals surface area (Å²) in [5.41, 5.74) is 2.70. The number of hydrogen-bond acceptors (Lipinski definition) is 3. The van der Waals surface area contributed by atoms with Gasteiger partial charge in [-0.1, -0.05) is 38.1 Å². The van der Waals surface area contributed by atoms with Gasteiger partial charge < -0.3 is 0 Å². The summed E-state index contributed by atoms with van der Waals surface area (Å²) in [4.78, 5) is 25.8. The summed E-state index contributed by atoms with van der Waals surface area (Å²) in [5, 5.41) is 0. The number of nitrogens with zero attached hydrogens (tertiary/aromatic N) is 3. The molecule has 0 radical (unpaired) electrons. The molecule has 0 spiro atoms. The molecule has 0 N–H and O–H groups in total. The van der Waals surface area contributed by atoms with Crippen LogP contribution in [-0.4, -0.2) is 21.1 Å². The summed E-state index contributed by atoms with van der Waals surface area (Å²) in [6.07, 6.45) is 0. The lowest BCUT2D eigenvalue weighted by Gasteiger charge is -2.19. The molecule has 23 heavy (non-hydrogen) atoms. The molecule has 0 fully saturated rings. The Balaban J connectivity index is 2.12. The van der Waals surface area contributed by atoms with E-state index in [2.05, 4.69) is 43.0 Å². The zero-order valence-electron chi connectivity index (χ0n) is 14.5. The van der Waals surface area contributed by atoms with E-state index in [1.807, 2.05) is 7.05 Å². The number of benzene rings is 1. The van der Waals surface area contributed by atoms with Crippen molar-refractivity contribution >= 4 is 0 Å². The fourth-order valence-electron chi connectivity index (χ4n) is 2.58. The third-order valence-electron chi connectivity index (χ3n) is 4.16. The summed E-state index contributed by atoms with van der Waals surface area (Å²) in [6.45, 7) is 5.67. The second kappa shape index (κ2) is 6.96. The summed E-state index contributed by atoms with van der Waals surface area (Å²) in [6, 6.07) is 10.1. The maximum Gasteiger partial charge on any atom is 0.330 e. The van der Waals surface area contributed by atoms with Crippen LogP contribution < -0.4 is 11.2 Å². The van der Waals surface area contributed by atoms with Crippen molar-refractivity contribution < 1.29 is 0 Å². The average molecular weight is 315 g/mol. The Morgan fingerprint density at radius 3 is 2.17 bits per heavy atom. The second-order valence-electron chi connectivity index (χ2n) is 6.44. The molecule has 0 aliphatic carbocycles. The largest absolute Gasteiger partial charge is 0.330 e. The molecule has 1 heterocycles. The highest BCUT2D eigenvalue weighted by Gasteiger charge is 2.09. The third-order valence-corrected chi connectivity index (χ3v) is 4.16. The van der Waals surface area contributed by atoms with Gasteiger partial charge in [-0.2, -0.15) is 0 Å². The summed E-state index contributed by atoms with van der Waals surface area (Å²) in [5.74, 6) is 0.525. The molecule has 5 heteroatoms. The second-order valence-corrected chi connectivity index (χ2v) is 6.44. The van der Waals surface area contributed by atoms with Gasteiger partial charge in [-0.25, -0.2) is 4.79 Å². The number of rotatable bonds is 5. The minimum Gasteiger partial charge on any atom is -0.299 e. The predicted octanol–water partition coefficient (Wildman–Crippen LogP) is 1.84. The molecule has 0 unspecified atom stereocenters. The predicted molar refractivity (Wildman–Crippen MR) is 92.6 cm³/mol. The fraction of sp³-hybridized carbons (Fsp3) is 0.444. The van der Waals surface area contributed by atoms with Gasteiger partial charge in [0.25, 0.3) is 5.56 Å². The van der Waals surface area contributed by atoms with Gasteiger partial charge in [-0.15, -0.1) is 0 Å². The normalized spacial score (nSPS) is 11.4. The number of aromatic nitrogens is 2. The smallest absolute Gasteiger partial charge is 0.299 e. The molecular formula is C18H25N3O2. The van der Waals surface area contributed by atoms with E-state index in [1.165, 1.54) is 28.8 Å². The van der Waals surface area contributed by atoms with Crippen molar-refractivity contribution in [3.63, 3.8) is 0 Å². The lowest BCUT2D eigenvalue weighted by Crippen LogP contribution is -2.39. The van der Waals surface area contributed by atoms with Crippen LogP contribution in [0.1, 0.15) is 36.6 Å². The summed E-state index contributed by atoms with van der Waals surface area (Å²) in [7, 11) is 5.18. The van der Waals surface area contributed by atoms with Gasteiger partial charge in [-0.3, -0.25) is 18.8 Å². The molecule has 1 aromatic heterocycles. The Kier molecular flexibility index (Phi) is 5.21. The van der Waals surface area contributed by atoms with Crippen LogP contribution in [0.25, 0.3) is 0 Å². The zero-order chi connectivity index (χ0) is 17.1. The van der Waals surface area contributed by atoms with Gasteiger partial charge >= 0.3 is 5.69 Å². The molecule has 5 nitrogen and oxygen atoms in total. The van der Waals surface area contributed by atoms with Crippen LogP contribution in [0.3, 0.4) is 0 Å². The highest BCUT2D eigenvalue weighted by molar-refractivity contribution is 5.24. The minimum atomic E-state index is -0.290. The Morgan fingerprint density at radius 2 is 1.61 bits per heavy atom. The van der Waals surface area contributed by atoms with E-state index in [-0.39, 0.29) is 11.2 Å². The van der Waals surface area contributed by atoms with Gasteiger partial charge in [0.15, 0.2) is 0 Å². The van der Waals surface area contributed by atoms with Crippen molar-refractivity contribution in [2.75, 3.05) is 7.05 Å². The molecule has 0 aliphatic heterocycles. The van der Waals surface area contributed by atoms with Crippen molar-refractivity contribution in [3.8, 4) is 0 Å². The van der Waals surface area contributed by atoms with E-state index in [4.69, 9.17) is 0 Å². The van der Waals surface area contributed by atoms with Crippen molar-refractivity contribution in [1.29, 1.82) is 0 Å².